The Balaban J connectivity index is 2.07. The quantitative estimate of drug-likeness (QED) is 0.736. The third-order valence-corrected chi connectivity index (χ3v) is 4.18. The maximum atomic E-state index is 11.6. The molecule has 0 bridgehead atoms. The Hall–Kier alpha value is 0.130. The Morgan fingerprint density at radius 2 is 2.33 bits per heavy atom. The molecule has 0 unspecified atom stereocenters. The smallest absolute Gasteiger partial charge is 0.238 e. The first kappa shape index (κ1) is 13.2. The van der Waals surface area contributed by atoms with Gasteiger partial charge in [0.1, 0.15) is 0 Å². The van der Waals surface area contributed by atoms with Crippen molar-refractivity contribution in [2.45, 2.75) is 31.6 Å². The lowest BCUT2D eigenvalue weighted by Gasteiger charge is -2.18. The van der Waals surface area contributed by atoms with Gasteiger partial charge in [-0.05, 0) is 0 Å². The summed E-state index contributed by atoms with van der Waals surface area (Å²) in [6.07, 6.45) is 0. The molecule has 88 valence electrons. The molecule has 1 aliphatic rings. The SMILES string of the molecule is CC(C)(C)SCCNC(=O)[C@H]1CSCN1. The minimum atomic E-state index is 0.0228. The Labute approximate surface area is 101 Å². The van der Waals surface area contributed by atoms with Gasteiger partial charge in [-0.2, -0.15) is 11.8 Å². The fourth-order valence-electron chi connectivity index (χ4n) is 1.22. The third-order valence-electron chi connectivity index (χ3n) is 1.97. The number of hydrogen-bond donors (Lipinski definition) is 2. The van der Waals surface area contributed by atoms with Crippen LogP contribution in [0.4, 0.5) is 0 Å². The predicted octanol–water partition coefficient (Wildman–Crippen LogP) is 1.30. The van der Waals surface area contributed by atoms with Crippen molar-refractivity contribution in [1.29, 1.82) is 0 Å². The van der Waals surface area contributed by atoms with Crippen molar-refractivity contribution in [3.63, 3.8) is 0 Å². The summed E-state index contributed by atoms with van der Waals surface area (Å²) in [6, 6.07) is 0.0228. The van der Waals surface area contributed by atoms with E-state index in [2.05, 4.69) is 31.4 Å². The van der Waals surface area contributed by atoms with Crippen LogP contribution in [0.25, 0.3) is 0 Å². The number of hydrogen-bond acceptors (Lipinski definition) is 4. The van der Waals surface area contributed by atoms with Gasteiger partial charge in [0.2, 0.25) is 5.91 Å². The van der Waals surface area contributed by atoms with Gasteiger partial charge in [0, 0.05) is 28.7 Å². The molecular formula is C10H20N2OS2. The topological polar surface area (TPSA) is 41.1 Å². The number of thioether (sulfide) groups is 2. The van der Waals surface area contributed by atoms with Gasteiger partial charge in [-0.1, -0.05) is 20.8 Å². The van der Waals surface area contributed by atoms with Gasteiger partial charge in [0.15, 0.2) is 0 Å². The second kappa shape index (κ2) is 6.01. The highest BCUT2D eigenvalue weighted by Crippen LogP contribution is 2.22. The number of amides is 1. The van der Waals surface area contributed by atoms with E-state index in [1.807, 2.05) is 11.8 Å². The standard InChI is InChI=1S/C10H20N2OS2/c1-10(2,3)15-5-4-11-9(13)8-6-14-7-12-8/h8,12H,4-7H2,1-3H3,(H,11,13)/t8-/m1/s1. The molecule has 1 fully saturated rings. The van der Waals surface area contributed by atoms with Crippen LogP contribution in [0.15, 0.2) is 0 Å². The molecular weight excluding hydrogens is 228 g/mol. The van der Waals surface area contributed by atoms with Crippen LogP contribution in [0, 0.1) is 0 Å². The number of carbonyl (C=O) groups is 1. The van der Waals surface area contributed by atoms with E-state index in [1.54, 1.807) is 11.8 Å². The highest BCUT2D eigenvalue weighted by molar-refractivity contribution is 8.00. The molecule has 0 aliphatic carbocycles. The van der Waals surface area contributed by atoms with Gasteiger partial charge < -0.3 is 5.32 Å². The molecule has 15 heavy (non-hydrogen) atoms. The molecule has 0 spiro atoms. The van der Waals surface area contributed by atoms with Gasteiger partial charge in [0.25, 0.3) is 0 Å². The van der Waals surface area contributed by atoms with Crippen molar-refractivity contribution in [2.24, 2.45) is 0 Å². The van der Waals surface area contributed by atoms with Crippen LogP contribution < -0.4 is 10.6 Å². The van der Waals surface area contributed by atoms with Crippen LogP contribution in [0.5, 0.6) is 0 Å². The number of rotatable bonds is 4. The van der Waals surface area contributed by atoms with Crippen LogP contribution >= 0.6 is 23.5 Å². The Morgan fingerprint density at radius 3 is 2.87 bits per heavy atom. The van der Waals surface area contributed by atoms with E-state index in [4.69, 9.17) is 0 Å². The van der Waals surface area contributed by atoms with Crippen LogP contribution in [0.3, 0.4) is 0 Å². The van der Waals surface area contributed by atoms with E-state index in [0.717, 1.165) is 23.9 Å². The Kier molecular flexibility index (Phi) is 5.29. The zero-order valence-electron chi connectivity index (χ0n) is 9.63. The van der Waals surface area contributed by atoms with Crippen LogP contribution in [0.2, 0.25) is 0 Å². The molecule has 0 aromatic heterocycles. The average Bonchev–Trinajstić information content (AvgIpc) is 2.63. The predicted molar refractivity (Wildman–Crippen MR) is 69.5 cm³/mol. The zero-order valence-corrected chi connectivity index (χ0v) is 11.3. The zero-order chi connectivity index (χ0) is 11.3. The van der Waals surface area contributed by atoms with Crippen molar-refractivity contribution in [1.82, 2.24) is 10.6 Å². The first-order valence-electron chi connectivity index (χ1n) is 5.22. The molecule has 1 saturated heterocycles. The molecule has 0 radical (unpaired) electrons. The summed E-state index contributed by atoms with van der Waals surface area (Å²) in [5, 5.41) is 6.12. The van der Waals surface area contributed by atoms with Gasteiger partial charge >= 0.3 is 0 Å². The fourth-order valence-corrected chi connectivity index (χ4v) is 2.98. The summed E-state index contributed by atoms with van der Waals surface area (Å²) >= 11 is 3.65. The summed E-state index contributed by atoms with van der Waals surface area (Å²) in [5.41, 5.74) is 0. The third kappa shape index (κ3) is 5.68. The van der Waals surface area contributed by atoms with Crippen molar-refractivity contribution in [3.8, 4) is 0 Å². The number of nitrogens with one attached hydrogen (secondary N) is 2. The molecule has 1 aliphatic heterocycles. The molecule has 2 N–H and O–H groups in total. The molecule has 0 aromatic carbocycles. The monoisotopic (exact) mass is 248 g/mol. The minimum absolute atomic E-state index is 0.0228. The summed E-state index contributed by atoms with van der Waals surface area (Å²) in [7, 11) is 0. The normalized spacial score (nSPS) is 21.7. The lowest BCUT2D eigenvalue weighted by atomic mass is 10.3. The van der Waals surface area contributed by atoms with E-state index < -0.39 is 0 Å². The minimum Gasteiger partial charge on any atom is -0.354 e. The molecule has 1 heterocycles. The first-order valence-corrected chi connectivity index (χ1v) is 7.36. The molecule has 1 amide bonds. The maximum absolute atomic E-state index is 11.6. The van der Waals surface area contributed by atoms with Crippen molar-refractivity contribution >= 4 is 29.4 Å². The second-order valence-corrected chi connectivity index (χ2v) is 7.48. The van der Waals surface area contributed by atoms with E-state index in [-0.39, 0.29) is 16.7 Å². The van der Waals surface area contributed by atoms with E-state index >= 15 is 0 Å². The molecule has 5 heteroatoms. The summed E-state index contributed by atoms with van der Waals surface area (Å²) in [5.74, 6) is 2.93. The molecule has 0 aromatic rings. The Morgan fingerprint density at radius 1 is 1.60 bits per heavy atom. The van der Waals surface area contributed by atoms with E-state index in [0.29, 0.717) is 0 Å². The van der Waals surface area contributed by atoms with E-state index in [1.165, 1.54) is 0 Å². The van der Waals surface area contributed by atoms with Crippen molar-refractivity contribution in [2.75, 3.05) is 23.9 Å². The highest BCUT2D eigenvalue weighted by Gasteiger charge is 2.21. The molecule has 1 rings (SSSR count). The molecule has 0 saturated carbocycles. The highest BCUT2D eigenvalue weighted by atomic mass is 32.2. The maximum Gasteiger partial charge on any atom is 0.238 e. The molecule has 3 nitrogen and oxygen atoms in total. The lowest BCUT2D eigenvalue weighted by Crippen LogP contribution is -2.42. The summed E-state index contributed by atoms with van der Waals surface area (Å²) < 4.78 is 0.284. The average molecular weight is 248 g/mol. The van der Waals surface area contributed by atoms with Crippen molar-refractivity contribution in [3.05, 3.63) is 0 Å². The largest absolute Gasteiger partial charge is 0.354 e. The van der Waals surface area contributed by atoms with Crippen molar-refractivity contribution < 1.29 is 4.79 Å². The lowest BCUT2D eigenvalue weighted by molar-refractivity contribution is -0.122. The second-order valence-electron chi connectivity index (χ2n) is 4.52. The fraction of sp³-hybridized carbons (Fsp3) is 0.900. The molecule has 1 atom stereocenters. The van der Waals surface area contributed by atoms with E-state index in [9.17, 15) is 4.79 Å². The summed E-state index contributed by atoms with van der Waals surface area (Å²) in [4.78, 5) is 11.6. The summed E-state index contributed by atoms with van der Waals surface area (Å²) in [6.45, 7) is 7.33. The Bertz CT molecular complexity index is 210. The van der Waals surface area contributed by atoms with Crippen LogP contribution in [-0.4, -0.2) is 40.6 Å². The van der Waals surface area contributed by atoms with Gasteiger partial charge in [0.05, 0.1) is 6.04 Å². The van der Waals surface area contributed by atoms with Crippen LogP contribution in [0.1, 0.15) is 20.8 Å². The van der Waals surface area contributed by atoms with Gasteiger partial charge in [-0.15, -0.1) is 11.8 Å². The van der Waals surface area contributed by atoms with Crippen LogP contribution in [-0.2, 0) is 4.79 Å². The number of carbonyl (C=O) groups excluding carboxylic acids is 1. The van der Waals surface area contributed by atoms with Gasteiger partial charge in [-0.25, -0.2) is 0 Å². The van der Waals surface area contributed by atoms with Gasteiger partial charge in [-0.3, -0.25) is 10.1 Å². The first-order chi connectivity index (χ1) is 6.99.